The van der Waals surface area contributed by atoms with E-state index in [0.717, 1.165) is 6.42 Å². The van der Waals surface area contributed by atoms with E-state index in [2.05, 4.69) is 96.8 Å². The maximum Gasteiger partial charge on any atom is 0.0273 e. The highest BCUT2D eigenvalue weighted by Crippen LogP contribution is 2.24. The van der Waals surface area contributed by atoms with E-state index in [1.807, 2.05) is 12.4 Å². The molecule has 4 rings (SSSR count). The summed E-state index contributed by atoms with van der Waals surface area (Å²) in [7, 11) is 0. The van der Waals surface area contributed by atoms with Crippen LogP contribution in [0.1, 0.15) is 16.7 Å². The van der Waals surface area contributed by atoms with Crippen molar-refractivity contribution >= 4 is 0 Å². The van der Waals surface area contributed by atoms with Gasteiger partial charge in [0.15, 0.2) is 0 Å². The lowest BCUT2D eigenvalue weighted by Gasteiger charge is -2.08. The Hall–Kier alpha value is -3.19. The van der Waals surface area contributed by atoms with E-state index in [1.165, 1.54) is 38.9 Å². The van der Waals surface area contributed by atoms with Crippen LogP contribution in [-0.2, 0) is 6.42 Å². The number of aryl methyl sites for hydroxylation is 1. The second kappa shape index (κ2) is 7.37. The summed E-state index contributed by atoms with van der Waals surface area (Å²) in [6.07, 6.45) is 4.61. The maximum atomic E-state index is 4.10. The first-order valence-corrected chi connectivity index (χ1v) is 8.93. The molecule has 0 radical (unpaired) electrons. The molecule has 1 heteroatoms. The molecule has 26 heavy (non-hydrogen) atoms. The number of rotatable bonds is 4. The van der Waals surface area contributed by atoms with Crippen molar-refractivity contribution < 1.29 is 0 Å². The van der Waals surface area contributed by atoms with E-state index in [-0.39, 0.29) is 0 Å². The van der Waals surface area contributed by atoms with Gasteiger partial charge in [0.2, 0.25) is 0 Å². The zero-order valence-corrected chi connectivity index (χ0v) is 14.9. The van der Waals surface area contributed by atoms with Gasteiger partial charge in [0, 0.05) is 12.4 Å². The van der Waals surface area contributed by atoms with Gasteiger partial charge in [-0.05, 0) is 58.9 Å². The van der Waals surface area contributed by atoms with Crippen LogP contribution >= 0.6 is 0 Å². The van der Waals surface area contributed by atoms with Gasteiger partial charge in [0.25, 0.3) is 0 Å². The van der Waals surface area contributed by atoms with Gasteiger partial charge < -0.3 is 0 Å². The third-order valence-corrected chi connectivity index (χ3v) is 4.66. The van der Waals surface area contributed by atoms with Crippen LogP contribution in [0.4, 0.5) is 0 Å². The third kappa shape index (κ3) is 3.73. The van der Waals surface area contributed by atoms with E-state index in [1.54, 1.807) is 0 Å². The minimum Gasteiger partial charge on any atom is -0.265 e. The summed E-state index contributed by atoms with van der Waals surface area (Å²) >= 11 is 0. The summed E-state index contributed by atoms with van der Waals surface area (Å²) in [6.45, 7) is 2.12. The normalized spacial score (nSPS) is 10.7. The Morgan fingerprint density at radius 2 is 1.12 bits per heavy atom. The largest absolute Gasteiger partial charge is 0.265 e. The first kappa shape index (κ1) is 16.3. The number of aromatic nitrogens is 1. The molecule has 1 aromatic heterocycles. The molecule has 1 nitrogen and oxygen atoms in total. The van der Waals surface area contributed by atoms with Gasteiger partial charge >= 0.3 is 0 Å². The third-order valence-electron chi connectivity index (χ3n) is 4.66. The van der Waals surface area contributed by atoms with E-state index in [9.17, 15) is 0 Å². The predicted molar refractivity (Wildman–Crippen MR) is 109 cm³/mol. The number of hydrogen-bond acceptors (Lipinski definition) is 1. The molecule has 0 saturated carbocycles. The van der Waals surface area contributed by atoms with Crippen molar-refractivity contribution in [1.82, 2.24) is 4.98 Å². The molecule has 0 aliphatic rings. The summed E-state index contributed by atoms with van der Waals surface area (Å²) in [5.41, 5.74) is 8.92. The van der Waals surface area contributed by atoms with Crippen molar-refractivity contribution in [3.05, 3.63) is 114 Å². The van der Waals surface area contributed by atoms with Crippen molar-refractivity contribution in [3.63, 3.8) is 0 Å². The molecule has 0 aliphatic carbocycles. The Bertz CT molecular complexity index is 1000. The summed E-state index contributed by atoms with van der Waals surface area (Å²) in [4.78, 5) is 4.10. The van der Waals surface area contributed by atoms with Crippen LogP contribution < -0.4 is 0 Å². The average molecular weight is 335 g/mol. The number of benzene rings is 3. The van der Waals surface area contributed by atoms with Crippen molar-refractivity contribution in [2.24, 2.45) is 0 Å². The quantitative estimate of drug-likeness (QED) is 0.425. The van der Waals surface area contributed by atoms with Gasteiger partial charge in [0.05, 0.1) is 0 Å². The molecule has 126 valence electrons. The van der Waals surface area contributed by atoms with Crippen molar-refractivity contribution in [2.75, 3.05) is 0 Å². The van der Waals surface area contributed by atoms with E-state index >= 15 is 0 Å². The minimum atomic E-state index is 0.929. The molecule has 0 aliphatic heterocycles. The molecular formula is C25H21N. The average Bonchev–Trinajstić information content (AvgIpc) is 2.70. The highest BCUT2D eigenvalue weighted by molar-refractivity contribution is 5.65. The Labute approximate surface area is 155 Å². The summed E-state index contributed by atoms with van der Waals surface area (Å²) in [5.74, 6) is 0. The van der Waals surface area contributed by atoms with Crippen LogP contribution in [0.3, 0.4) is 0 Å². The second-order valence-corrected chi connectivity index (χ2v) is 6.68. The molecule has 0 amide bonds. The molecule has 1 heterocycles. The fourth-order valence-electron chi connectivity index (χ4n) is 3.25. The molecule has 0 unspecified atom stereocenters. The van der Waals surface area contributed by atoms with Crippen LogP contribution in [0.25, 0.3) is 22.3 Å². The summed E-state index contributed by atoms with van der Waals surface area (Å²) in [5, 5.41) is 0. The number of nitrogens with zero attached hydrogens (tertiary/aromatic N) is 1. The van der Waals surface area contributed by atoms with Crippen LogP contribution in [0.2, 0.25) is 0 Å². The lowest BCUT2D eigenvalue weighted by molar-refractivity contribution is 1.19. The molecule has 4 aromatic rings. The maximum absolute atomic E-state index is 4.10. The van der Waals surface area contributed by atoms with Gasteiger partial charge in [-0.25, -0.2) is 0 Å². The van der Waals surface area contributed by atoms with Gasteiger partial charge in [-0.15, -0.1) is 0 Å². The van der Waals surface area contributed by atoms with E-state index < -0.39 is 0 Å². The molecule has 0 bridgehead atoms. The van der Waals surface area contributed by atoms with E-state index in [0.29, 0.717) is 0 Å². The Balaban J connectivity index is 1.60. The fourth-order valence-corrected chi connectivity index (χ4v) is 3.25. The standard InChI is InChI=1S/C25H21N/c1-19-8-10-22(11-9-19)24-6-2-4-20(17-24)16-21-5-3-7-25(18-21)23-12-14-26-15-13-23/h2-15,17-18H,16H2,1H3. The Morgan fingerprint density at radius 3 is 1.69 bits per heavy atom. The fraction of sp³-hybridized carbons (Fsp3) is 0.0800. The highest BCUT2D eigenvalue weighted by Gasteiger charge is 2.03. The molecular weight excluding hydrogens is 314 g/mol. The summed E-state index contributed by atoms with van der Waals surface area (Å²) < 4.78 is 0. The first-order chi connectivity index (χ1) is 12.8. The predicted octanol–water partition coefficient (Wildman–Crippen LogP) is 6.31. The molecule has 0 atom stereocenters. The van der Waals surface area contributed by atoms with Gasteiger partial charge in [-0.2, -0.15) is 0 Å². The lowest BCUT2D eigenvalue weighted by Crippen LogP contribution is -1.90. The monoisotopic (exact) mass is 335 g/mol. The minimum absolute atomic E-state index is 0.929. The first-order valence-electron chi connectivity index (χ1n) is 8.93. The SMILES string of the molecule is Cc1ccc(-c2cccc(Cc3cccc(-c4ccncc4)c3)c2)cc1. The smallest absolute Gasteiger partial charge is 0.0273 e. The zero-order valence-electron chi connectivity index (χ0n) is 14.9. The Kier molecular flexibility index (Phi) is 4.61. The number of pyridine rings is 1. The van der Waals surface area contributed by atoms with Crippen LogP contribution in [0, 0.1) is 6.92 Å². The molecule has 0 saturated heterocycles. The molecule has 3 aromatic carbocycles. The summed E-state index contributed by atoms with van der Waals surface area (Å²) in [6, 6.07) is 30.4. The second-order valence-electron chi connectivity index (χ2n) is 6.68. The van der Waals surface area contributed by atoms with Gasteiger partial charge in [0.1, 0.15) is 0 Å². The van der Waals surface area contributed by atoms with Crippen LogP contribution in [0.15, 0.2) is 97.3 Å². The molecule has 0 N–H and O–H groups in total. The van der Waals surface area contributed by atoms with Crippen molar-refractivity contribution in [3.8, 4) is 22.3 Å². The van der Waals surface area contributed by atoms with Crippen LogP contribution in [-0.4, -0.2) is 4.98 Å². The molecule has 0 spiro atoms. The van der Waals surface area contributed by atoms with Gasteiger partial charge in [-0.3, -0.25) is 4.98 Å². The lowest BCUT2D eigenvalue weighted by atomic mass is 9.97. The molecule has 0 fully saturated rings. The van der Waals surface area contributed by atoms with Crippen LogP contribution in [0.5, 0.6) is 0 Å². The van der Waals surface area contributed by atoms with Gasteiger partial charge in [-0.1, -0.05) is 78.4 Å². The highest BCUT2D eigenvalue weighted by atomic mass is 14.6. The van der Waals surface area contributed by atoms with Crippen molar-refractivity contribution in [2.45, 2.75) is 13.3 Å². The Morgan fingerprint density at radius 1 is 0.577 bits per heavy atom. The number of hydrogen-bond donors (Lipinski definition) is 0. The van der Waals surface area contributed by atoms with E-state index in [4.69, 9.17) is 0 Å². The zero-order chi connectivity index (χ0) is 17.8. The van der Waals surface area contributed by atoms with Crippen molar-refractivity contribution in [1.29, 1.82) is 0 Å². The topological polar surface area (TPSA) is 12.9 Å².